The molecule has 0 aliphatic heterocycles. The molecule has 0 fully saturated rings. The predicted octanol–water partition coefficient (Wildman–Crippen LogP) is 2.05. The lowest BCUT2D eigenvalue weighted by atomic mass is 10.1. The van der Waals surface area contributed by atoms with Crippen molar-refractivity contribution in [1.29, 1.82) is 0 Å². The molecule has 23 heavy (non-hydrogen) atoms. The van der Waals surface area contributed by atoms with Crippen LogP contribution in [0.25, 0.3) is 0 Å². The van der Waals surface area contributed by atoms with Gasteiger partial charge in [0.25, 0.3) is 5.56 Å². The van der Waals surface area contributed by atoms with Crippen molar-refractivity contribution in [2.45, 2.75) is 20.5 Å². The van der Waals surface area contributed by atoms with E-state index in [4.69, 9.17) is 9.57 Å². The Morgan fingerprint density at radius 3 is 2.74 bits per heavy atom. The molecule has 7 nitrogen and oxygen atoms in total. The molecule has 2 rings (SSSR count). The third-order valence-corrected chi connectivity index (χ3v) is 3.34. The van der Waals surface area contributed by atoms with Crippen LogP contribution in [0.4, 0.5) is 0 Å². The van der Waals surface area contributed by atoms with Crippen LogP contribution in [0.2, 0.25) is 0 Å². The molecule has 7 heteroatoms. The summed E-state index contributed by atoms with van der Waals surface area (Å²) in [6, 6.07) is 8.57. The van der Waals surface area contributed by atoms with Gasteiger partial charge in [-0.05, 0) is 25.5 Å². The monoisotopic (exact) mass is 318 g/mol. The minimum Gasteiger partial charge on any atom is -0.496 e. The largest absolute Gasteiger partial charge is 0.496 e. The molecule has 2 N–H and O–H groups in total. The molecule has 1 aromatic carbocycles. The lowest BCUT2D eigenvalue weighted by molar-refractivity contribution is 0.127. The van der Waals surface area contributed by atoms with Crippen molar-refractivity contribution in [2.75, 3.05) is 7.11 Å². The first-order valence-electron chi connectivity index (χ1n) is 6.89. The fourth-order valence-corrected chi connectivity index (χ4v) is 2.22. The number of nitrogens with zero attached hydrogens (tertiary/aromatic N) is 2. The zero-order valence-corrected chi connectivity index (χ0v) is 13.1. The van der Waals surface area contributed by atoms with Crippen molar-refractivity contribution in [3.63, 3.8) is 0 Å². The SMILES string of the molecule is COc1ccccc1CO/N=C(/C)c1c(C)cc(=O)n(O)c1O. The second-order valence-electron chi connectivity index (χ2n) is 4.94. The van der Waals surface area contributed by atoms with Crippen LogP contribution in [0.1, 0.15) is 23.6 Å². The molecule has 0 atom stereocenters. The Hall–Kier alpha value is -2.96. The van der Waals surface area contributed by atoms with E-state index < -0.39 is 11.4 Å². The number of oxime groups is 1. The highest BCUT2D eigenvalue weighted by atomic mass is 16.6. The van der Waals surface area contributed by atoms with Crippen molar-refractivity contribution >= 4 is 5.71 Å². The zero-order chi connectivity index (χ0) is 17.0. The number of aromatic nitrogens is 1. The summed E-state index contributed by atoms with van der Waals surface area (Å²) < 4.78 is 5.38. The summed E-state index contributed by atoms with van der Waals surface area (Å²) in [5.74, 6) is 0.112. The average molecular weight is 318 g/mol. The van der Waals surface area contributed by atoms with Gasteiger partial charge in [0.1, 0.15) is 12.4 Å². The van der Waals surface area contributed by atoms with Gasteiger partial charge in [-0.1, -0.05) is 23.4 Å². The molecule has 122 valence electrons. The predicted molar refractivity (Wildman–Crippen MR) is 84.3 cm³/mol. The molecule has 0 radical (unpaired) electrons. The zero-order valence-electron chi connectivity index (χ0n) is 13.1. The molecule has 0 amide bonds. The molecular weight excluding hydrogens is 300 g/mol. The fourth-order valence-electron chi connectivity index (χ4n) is 2.22. The van der Waals surface area contributed by atoms with Crippen molar-refractivity contribution in [2.24, 2.45) is 5.16 Å². The lowest BCUT2D eigenvalue weighted by Crippen LogP contribution is -2.20. The van der Waals surface area contributed by atoms with E-state index >= 15 is 0 Å². The third kappa shape index (κ3) is 3.45. The summed E-state index contributed by atoms with van der Waals surface area (Å²) in [6.45, 7) is 3.42. The highest BCUT2D eigenvalue weighted by molar-refractivity contribution is 6.01. The Kier molecular flexibility index (Phi) is 4.90. The first kappa shape index (κ1) is 16.4. The number of para-hydroxylation sites is 1. The minimum atomic E-state index is -0.716. The normalized spacial score (nSPS) is 11.3. The van der Waals surface area contributed by atoms with E-state index in [-0.39, 0.29) is 16.9 Å². The number of benzene rings is 1. The van der Waals surface area contributed by atoms with Gasteiger partial charge in [0.15, 0.2) is 0 Å². The van der Waals surface area contributed by atoms with E-state index in [0.29, 0.717) is 17.0 Å². The van der Waals surface area contributed by atoms with Gasteiger partial charge >= 0.3 is 0 Å². The first-order valence-corrected chi connectivity index (χ1v) is 6.89. The van der Waals surface area contributed by atoms with Gasteiger partial charge in [-0.2, -0.15) is 0 Å². The second-order valence-corrected chi connectivity index (χ2v) is 4.94. The number of aryl methyl sites for hydroxylation is 1. The third-order valence-electron chi connectivity index (χ3n) is 3.34. The van der Waals surface area contributed by atoms with Crippen LogP contribution >= 0.6 is 0 Å². The van der Waals surface area contributed by atoms with Crippen molar-refractivity contribution < 1.29 is 19.9 Å². The van der Waals surface area contributed by atoms with E-state index in [0.717, 1.165) is 5.56 Å². The van der Waals surface area contributed by atoms with E-state index in [9.17, 15) is 15.1 Å². The van der Waals surface area contributed by atoms with E-state index in [1.807, 2.05) is 24.3 Å². The van der Waals surface area contributed by atoms with Gasteiger partial charge in [-0.3, -0.25) is 4.79 Å². The molecule has 1 aromatic heterocycles. The summed E-state index contributed by atoms with van der Waals surface area (Å²) in [7, 11) is 1.57. The average Bonchev–Trinajstić information content (AvgIpc) is 2.53. The molecule has 0 aliphatic rings. The summed E-state index contributed by atoms with van der Waals surface area (Å²) >= 11 is 0. The highest BCUT2D eigenvalue weighted by Crippen LogP contribution is 2.20. The second kappa shape index (κ2) is 6.87. The smallest absolute Gasteiger partial charge is 0.286 e. The summed E-state index contributed by atoms with van der Waals surface area (Å²) in [5, 5.41) is 23.3. The fraction of sp³-hybridized carbons (Fsp3) is 0.250. The summed E-state index contributed by atoms with van der Waals surface area (Å²) in [5.41, 5.74) is 1.16. The minimum absolute atomic E-state index is 0.168. The Morgan fingerprint density at radius 2 is 2.04 bits per heavy atom. The van der Waals surface area contributed by atoms with Crippen LogP contribution in [0.5, 0.6) is 11.6 Å². The van der Waals surface area contributed by atoms with Crippen molar-refractivity contribution in [1.82, 2.24) is 4.73 Å². The number of hydrogen-bond acceptors (Lipinski definition) is 6. The van der Waals surface area contributed by atoms with Crippen LogP contribution < -0.4 is 10.3 Å². The Morgan fingerprint density at radius 1 is 1.35 bits per heavy atom. The van der Waals surface area contributed by atoms with Gasteiger partial charge in [0.05, 0.1) is 18.4 Å². The molecule has 0 spiro atoms. The molecular formula is C16H18N2O5. The van der Waals surface area contributed by atoms with Gasteiger partial charge in [-0.25, -0.2) is 0 Å². The summed E-state index contributed by atoms with van der Waals surface area (Å²) in [6.07, 6.45) is 0. The van der Waals surface area contributed by atoms with Crippen LogP contribution in [-0.2, 0) is 11.4 Å². The van der Waals surface area contributed by atoms with Gasteiger partial charge in [0, 0.05) is 11.6 Å². The maximum absolute atomic E-state index is 11.4. The van der Waals surface area contributed by atoms with Crippen LogP contribution in [0.3, 0.4) is 0 Å². The number of ether oxygens (including phenoxy) is 1. The van der Waals surface area contributed by atoms with Gasteiger partial charge in [-0.15, -0.1) is 4.73 Å². The number of hydrogen-bond donors (Lipinski definition) is 2. The lowest BCUT2D eigenvalue weighted by Gasteiger charge is -2.10. The topological polar surface area (TPSA) is 93.3 Å². The van der Waals surface area contributed by atoms with Crippen molar-refractivity contribution in [3.05, 3.63) is 57.4 Å². The van der Waals surface area contributed by atoms with Crippen LogP contribution in [0.15, 0.2) is 40.3 Å². The maximum atomic E-state index is 11.4. The number of rotatable bonds is 5. The quantitative estimate of drug-likeness (QED) is 0.500. The van der Waals surface area contributed by atoms with E-state index in [2.05, 4.69) is 5.16 Å². The van der Waals surface area contributed by atoms with Crippen LogP contribution in [-0.4, -0.2) is 27.9 Å². The standard InChI is InChI=1S/C16H18N2O5/c1-10-8-14(19)18(21)16(20)15(10)11(2)17-23-9-12-6-4-5-7-13(12)22-3/h4-8,20-21H,9H2,1-3H3/b17-11-. The molecule has 0 aliphatic carbocycles. The van der Waals surface area contributed by atoms with E-state index in [1.165, 1.54) is 6.07 Å². The Bertz CT molecular complexity index is 796. The molecule has 0 saturated heterocycles. The van der Waals surface area contributed by atoms with Crippen LogP contribution in [0, 0.1) is 6.92 Å². The number of methoxy groups -OCH3 is 1. The maximum Gasteiger partial charge on any atom is 0.286 e. The first-order chi connectivity index (χ1) is 11.0. The highest BCUT2D eigenvalue weighted by Gasteiger charge is 2.15. The molecule has 2 aromatic rings. The van der Waals surface area contributed by atoms with Gasteiger partial charge in [0.2, 0.25) is 5.88 Å². The molecule has 0 unspecified atom stereocenters. The van der Waals surface area contributed by atoms with E-state index in [1.54, 1.807) is 21.0 Å². The Labute approximate surface area is 133 Å². The van der Waals surface area contributed by atoms with Crippen molar-refractivity contribution in [3.8, 4) is 11.6 Å². The number of aromatic hydroxyl groups is 1. The molecule has 1 heterocycles. The molecule has 0 saturated carbocycles. The number of pyridine rings is 1. The summed E-state index contributed by atoms with van der Waals surface area (Å²) in [4.78, 5) is 16.7. The van der Waals surface area contributed by atoms with Gasteiger partial charge < -0.3 is 19.9 Å². The Balaban J connectivity index is 2.21. The molecule has 0 bridgehead atoms.